The Morgan fingerprint density at radius 3 is 2.16 bits per heavy atom. The molecular formula is C17H32O2. The number of carboxylic acids is 1. The quantitative estimate of drug-likeness (QED) is 0.447. The van der Waals surface area contributed by atoms with Crippen molar-refractivity contribution in [1.82, 2.24) is 0 Å². The van der Waals surface area contributed by atoms with Gasteiger partial charge in [-0.2, -0.15) is 0 Å². The molecule has 112 valence electrons. The fraction of sp³-hybridized carbons (Fsp3) is 0.824. The number of allylic oxidation sites excluding steroid dienone is 1. The van der Waals surface area contributed by atoms with E-state index in [1.54, 1.807) is 0 Å². The van der Waals surface area contributed by atoms with Crippen LogP contribution in [-0.2, 0) is 4.79 Å². The molecule has 1 atom stereocenters. The van der Waals surface area contributed by atoms with Crippen molar-refractivity contribution in [2.24, 2.45) is 10.8 Å². The lowest BCUT2D eigenvalue weighted by Gasteiger charge is -2.31. The van der Waals surface area contributed by atoms with Crippen molar-refractivity contribution in [1.29, 1.82) is 0 Å². The molecule has 0 aliphatic heterocycles. The van der Waals surface area contributed by atoms with Gasteiger partial charge in [-0.05, 0) is 38.5 Å². The maximum absolute atomic E-state index is 11.7. The summed E-state index contributed by atoms with van der Waals surface area (Å²) in [6.45, 7) is 12.6. The topological polar surface area (TPSA) is 37.3 Å². The highest BCUT2D eigenvalue weighted by molar-refractivity contribution is 5.77. The number of rotatable bonds is 9. The summed E-state index contributed by atoms with van der Waals surface area (Å²) < 4.78 is 0. The van der Waals surface area contributed by atoms with Crippen molar-refractivity contribution < 1.29 is 9.90 Å². The lowest BCUT2D eigenvalue weighted by Crippen LogP contribution is -2.30. The molecule has 0 bridgehead atoms. The second-order valence-electron chi connectivity index (χ2n) is 6.68. The van der Waals surface area contributed by atoms with Gasteiger partial charge in [0.15, 0.2) is 0 Å². The van der Waals surface area contributed by atoms with E-state index in [0.29, 0.717) is 0 Å². The van der Waals surface area contributed by atoms with Gasteiger partial charge in [0.2, 0.25) is 0 Å². The first kappa shape index (κ1) is 18.2. The lowest BCUT2D eigenvalue weighted by molar-refractivity contribution is -0.146. The summed E-state index contributed by atoms with van der Waals surface area (Å²) in [6.07, 6.45) is 8.15. The average Bonchev–Trinajstić information content (AvgIpc) is 2.36. The highest BCUT2D eigenvalue weighted by Crippen LogP contribution is 2.38. The molecule has 0 aromatic rings. The number of hydrogen-bond acceptors (Lipinski definition) is 1. The Labute approximate surface area is 119 Å². The molecule has 0 saturated carbocycles. The summed E-state index contributed by atoms with van der Waals surface area (Å²) in [5.41, 5.74) is 0.529. The predicted molar refractivity (Wildman–Crippen MR) is 82.3 cm³/mol. The number of aliphatic carboxylic acids is 1. The smallest absolute Gasteiger partial charge is 0.313 e. The lowest BCUT2D eigenvalue weighted by atomic mass is 9.73. The minimum absolute atomic E-state index is 0.223. The van der Waals surface area contributed by atoms with Gasteiger partial charge in [-0.1, -0.05) is 58.6 Å². The number of carbonyl (C=O) groups is 1. The van der Waals surface area contributed by atoms with Crippen molar-refractivity contribution in [2.45, 2.75) is 80.1 Å². The van der Waals surface area contributed by atoms with Crippen molar-refractivity contribution in [3.63, 3.8) is 0 Å². The zero-order chi connectivity index (χ0) is 15.1. The molecule has 0 aromatic carbocycles. The van der Waals surface area contributed by atoms with E-state index in [1.165, 1.54) is 0 Å². The van der Waals surface area contributed by atoms with Gasteiger partial charge in [-0.15, -0.1) is 0 Å². The zero-order valence-corrected chi connectivity index (χ0v) is 13.7. The SMILES string of the molecule is CCCC/C=C(\C)C(C)(CCC(C)(C)CC)C(=O)O. The zero-order valence-electron chi connectivity index (χ0n) is 13.7. The van der Waals surface area contributed by atoms with Gasteiger partial charge in [0.05, 0.1) is 5.41 Å². The van der Waals surface area contributed by atoms with E-state index in [-0.39, 0.29) is 5.41 Å². The standard InChI is InChI=1S/C17H32O2/c1-7-9-10-11-14(3)17(6,15(18)19)13-12-16(4,5)8-2/h11H,7-10,12-13H2,1-6H3,(H,18,19)/b14-11+. The molecule has 0 radical (unpaired) electrons. The second-order valence-corrected chi connectivity index (χ2v) is 6.68. The molecule has 19 heavy (non-hydrogen) atoms. The monoisotopic (exact) mass is 268 g/mol. The predicted octanol–water partition coefficient (Wildman–Crippen LogP) is 5.43. The van der Waals surface area contributed by atoms with Gasteiger partial charge >= 0.3 is 5.97 Å². The molecule has 0 aromatic heterocycles. The number of unbranched alkanes of at least 4 members (excludes halogenated alkanes) is 2. The van der Waals surface area contributed by atoms with E-state index in [4.69, 9.17) is 0 Å². The number of carboxylic acid groups (broad SMARTS) is 1. The highest BCUT2D eigenvalue weighted by Gasteiger charge is 2.36. The molecule has 0 heterocycles. The van der Waals surface area contributed by atoms with E-state index < -0.39 is 11.4 Å². The van der Waals surface area contributed by atoms with Crippen LogP contribution in [0.3, 0.4) is 0 Å². The summed E-state index contributed by atoms with van der Waals surface area (Å²) >= 11 is 0. The van der Waals surface area contributed by atoms with Crippen molar-refractivity contribution in [2.75, 3.05) is 0 Å². The summed E-state index contributed by atoms with van der Waals surface area (Å²) in [6, 6.07) is 0. The van der Waals surface area contributed by atoms with Gasteiger partial charge in [0.25, 0.3) is 0 Å². The van der Waals surface area contributed by atoms with E-state index >= 15 is 0 Å². The normalized spacial score (nSPS) is 16.2. The Balaban J connectivity index is 4.85. The van der Waals surface area contributed by atoms with E-state index in [1.807, 2.05) is 13.8 Å². The molecule has 1 N–H and O–H groups in total. The van der Waals surface area contributed by atoms with Gasteiger partial charge in [0, 0.05) is 0 Å². The molecule has 0 rings (SSSR count). The van der Waals surface area contributed by atoms with Crippen LogP contribution in [0, 0.1) is 10.8 Å². The largest absolute Gasteiger partial charge is 0.481 e. The minimum atomic E-state index is -0.708. The Morgan fingerprint density at radius 1 is 1.16 bits per heavy atom. The van der Waals surface area contributed by atoms with Crippen LogP contribution in [0.5, 0.6) is 0 Å². The Kier molecular flexibility index (Phi) is 7.39. The molecule has 0 aliphatic rings. The Morgan fingerprint density at radius 2 is 1.74 bits per heavy atom. The van der Waals surface area contributed by atoms with Crippen LogP contribution in [0.1, 0.15) is 80.1 Å². The van der Waals surface area contributed by atoms with E-state index in [2.05, 4.69) is 33.8 Å². The van der Waals surface area contributed by atoms with Crippen LogP contribution in [0.15, 0.2) is 11.6 Å². The number of hydrogen-bond donors (Lipinski definition) is 1. The Hall–Kier alpha value is -0.790. The van der Waals surface area contributed by atoms with Crippen molar-refractivity contribution in [3.05, 3.63) is 11.6 Å². The molecule has 1 unspecified atom stereocenters. The van der Waals surface area contributed by atoms with E-state index in [0.717, 1.165) is 44.1 Å². The molecule has 0 amide bonds. The maximum Gasteiger partial charge on any atom is 0.313 e. The van der Waals surface area contributed by atoms with E-state index in [9.17, 15) is 9.90 Å². The fourth-order valence-corrected chi connectivity index (χ4v) is 1.99. The summed E-state index contributed by atoms with van der Waals surface area (Å²) in [5, 5.41) is 9.59. The molecule has 0 spiro atoms. The molecule has 0 aliphatic carbocycles. The van der Waals surface area contributed by atoms with Gasteiger partial charge in [-0.25, -0.2) is 0 Å². The van der Waals surface area contributed by atoms with Crippen LogP contribution >= 0.6 is 0 Å². The molecular weight excluding hydrogens is 236 g/mol. The van der Waals surface area contributed by atoms with Gasteiger partial charge in [0.1, 0.15) is 0 Å². The third kappa shape index (κ3) is 5.80. The minimum Gasteiger partial charge on any atom is -0.481 e. The van der Waals surface area contributed by atoms with Crippen LogP contribution in [-0.4, -0.2) is 11.1 Å². The average molecular weight is 268 g/mol. The van der Waals surface area contributed by atoms with Crippen molar-refractivity contribution in [3.8, 4) is 0 Å². The molecule has 2 heteroatoms. The highest BCUT2D eigenvalue weighted by atomic mass is 16.4. The van der Waals surface area contributed by atoms with Crippen LogP contribution < -0.4 is 0 Å². The third-order valence-electron chi connectivity index (χ3n) is 4.61. The van der Waals surface area contributed by atoms with Gasteiger partial charge in [-0.3, -0.25) is 4.79 Å². The molecule has 0 fully saturated rings. The Bertz CT molecular complexity index is 315. The van der Waals surface area contributed by atoms with Crippen LogP contribution in [0.4, 0.5) is 0 Å². The van der Waals surface area contributed by atoms with Gasteiger partial charge < -0.3 is 5.11 Å². The van der Waals surface area contributed by atoms with Crippen molar-refractivity contribution >= 4 is 5.97 Å². The third-order valence-corrected chi connectivity index (χ3v) is 4.61. The first-order valence-electron chi connectivity index (χ1n) is 7.60. The molecule has 0 saturated heterocycles. The second kappa shape index (κ2) is 7.72. The summed E-state index contributed by atoms with van der Waals surface area (Å²) in [7, 11) is 0. The van der Waals surface area contributed by atoms with Crippen LogP contribution in [0.2, 0.25) is 0 Å². The fourth-order valence-electron chi connectivity index (χ4n) is 1.99. The first-order valence-corrected chi connectivity index (χ1v) is 7.60. The molecule has 2 nitrogen and oxygen atoms in total. The first-order chi connectivity index (χ1) is 8.69. The maximum atomic E-state index is 11.7. The summed E-state index contributed by atoms with van der Waals surface area (Å²) in [4.78, 5) is 11.7. The van der Waals surface area contributed by atoms with Crippen LogP contribution in [0.25, 0.3) is 0 Å². The summed E-state index contributed by atoms with van der Waals surface area (Å²) in [5.74, 6) is -0.690.